The van der Waals surface area contributed by atoms with Gasteiger partial charge in [-0.1, -0.05) is 0 Å². The molecule has 17 heavy (non-hydrogen) atoms. The number of benzene rings is 1. The first-order valence-corrected chi connectivity index (χ1v) is 6.01. The molecule has 1 saturated heterocycles. The third kappa shape index (κ3) is 1.73. The molecule has 7 heteroatoms. The number of fused-ring (bicyclic) bond motifs is 1. The highest BCUT2D eigenvalue weighted by Gasteiger charge is 2.26. The molecule has 88 valence electrons. The maximum Gasteiger partial charge on any atom is 0.337 e. The van der Waals surface area contributed by atoms with Crippen LogP contribution in [0.1, 0.15) is 0 Å². The molecule has 0 unspecified atom stereocenters. The maximum atomic E-state index is 11.1. The van der Waals surface area contributed by atoms with Gasteiger partial charge in [-0.3, -0.25) is 10.1 Å². The van der Waals surface area contributed by atoms with Crippen LogP contribution in [0.5, 0.6) is 5.75 Å². The van der Waals surface area contributed by atoms with Crippen LogP contribution in [-0.4, -0.2) is 29.1 Å². The van der Waals surface area contributed by atoms with Crippen molar-refractivity contribution in [2.24, 2.45) is 0 Å². The Morgan fingerprint density at radius 1 is 1.53 bits per heavy atom. The monoisotopic (exact) mass is 251 g/mol. The molecule has 0 bridgehead atoms. The lowest BCUT2D eigenvalue weighted by atomic mass is 10.2. The van der Waals surface area contributed by atoms with Crippen molar-refractivity contribution in [3.8, 4) is 5.75 Å². The van der Waals surface area contributed by atoms with Crippen LogP contribution < -0.4 is 10.1 Å². The second-order valence-corrected chi connectivity index (χ2v) is 4.65. The predicted molar refractivity (Wildman–Crippen MR) is 63.6 cm³/mol. The standard InChI is InChI=1S/C10H9N3O3S/c14-13(15)10-7(16-6-3-11-4-6)1-2-8-9(10)12-5-17-8/h1-2,5-6,11H,3-4H2. The summed E-state index contributed by atoms with van der Waals surface area (Å²) in [6.45, 7) is 1.46. The van der Waals surface area contributed by atoms with Crippen LogP contribution in [0.3, 0.4) is 0 Å². The Morgan fingerprint density at radius 2 is 2.35 bits per heavy atom. The molecule has 1 N–H and O–H groups in total. The molecule has 3 rings (SSSR count). The fourth-order valence-corrected chi connectivity index (χ4v) is 2.37. The first kappa shape index (κ1) is 10.4. The van der Waals surface area contributed by atoms with E-state index in [1.807, 2.05) is 0 Å². The lowest BCUT2D eigenvalue weighted by molar-refractivity contribution is -0.384. The van der Waals surface area contributed by atoms with Crippen molar-refractivity contribution in [1.82, 2.24) is 10.3 Å². The van der Waals surface area contributed by atoms with Crippen LogP contribution >= 0.6 is 11.3 Å². The summed E-state index contributed by atoms with van der Waals surface area (Å²) in [6, 6.07) is 3.46. The number of thiazole rings is 1. The Morgan fingerprint density at radius 3 is 3.00 bits per heavy atom. The third-order valence-electron chi connectivity index (χ3n) is 2.66. The smallest absolute Gasteiger partial charge is 0.337 e. The normalized spacial score (nSPS) is 15.8. The fourth-order valence-electron chi connectivity index (χ4n) is 1.69. The molecule has 0 saturated carbocycles. The molecule has 1 fully saturated rings. The van der Waals surface area contributed by atoms with E-state index in [0.29, 0.717) is 11.3 Å². The van der Waals surface area contributed by atoms with Crippen LogP contribution in [0, 0.1) is 10.1 Å². The second kappa shape index (κ2) is 3.94. The van der Waals surface area contributed by atoms with Crippen molar-refractivity contribution in [1.29, 1.82) is 0 Å². The molecule has 2 aromatic rings. The molecule has 1 aliphatic heterocycles. The molecule has 0 radical (unpaired) electrons. The topological polar surface area (TPSA) is 77.3 Å². The van der Waals surface area contributed by atoms with E-state index in [9.17, 15) is 10.1 Å². The summed E-state index contributed by atoms with van der Waals surface area (Å²) in [5.74, 6) is 0.305. The molecular formula is C10H9N3O3S. The Labute approximate surface area is 100 Å². The van der Waals surface area contributed by atoms with Crippen molar-refractivity contribution in [3.63, 3.8) is 0 Å². The van der Waals surface area contributed by atoms with Crippen LogP contribution in [0.2, 0.25) is 0 Å². The van der Waals surface area contributed by atoms with E-state index in [-0.39, 0.29) is 11.8 Å². The summed E-state index contributed by atoms with van der Waals surface area (Å²) in [4.78, 5) is 14.7. The van der Waals surface area contributed by atoms with Crippen LogP contribution in [0.15, 0.2) is 17.6 Å². The fraction of sp³-hybridized carbons (Fsp3) is 0.300. The van der Waals surface area contributed by atoms with E-state index in [2.05, 4.69) is 10.3 Å². The quantitative estimate of drug-likeness (QED) is 0.661. The van der Waals surface area contributed by atoms with Crippen molar-refractivity contribution in [3.05, 3.63) is 27.8 Å². The number of ether oxygens (including phenoxy) is 1. The number of hydrogen-bond donors (Lipinski definition) is 1. The number of nitrogens with zero attached hydrogens (tertiary/aromatic N) is 2. The molecule has 1 aromatic heterocycles. The van der Waals surface area contributed by atoms with E-state index in [0.717, 1.165) is 17.8 Å². The van der Waals surface area contributed by atoms with Gasteiger partial charge in [0.2, 0.25) is 0 Å². The second-order valence-electron chi connectivity index (χ2n) is 3.77. The molecule has 0 amide bonds. The van der Waals surface area contributed by atoms with Crippen LogP contribution in [0.4, 0.5) is 5.69 Å². The molecule has 0 aliphatic carbocycles. The highest BCUT2D eigenvalue weighted by molar-refractivity contribution is 7.16. The highest BCUT2D eigenvalue weighted by Crippen LogP contribution is 2.36. The Bertz CT molecular complexity index is 579. The summed E-state index contributed by atoms with van der Waals surface area (Å²) in [5.41, 5.74) is 1.98. The van der Waals surface area contributed by atoms with Gasteiger partial charge in [0.05, 0.1) is 15.1 Å². The van der Waals surface area contributed by atoms with Crippen molar-refractivity contribution < 1.29 is 9.66 Å². The number of hydrogen-bond acceptors (Lipinski definition) is 6. The summed E-state index contributed by atoms with van der Waals surface area (Å²) in [7, 11) is 0. The van der Waals surface area contributed by atoms with Gasteiger partial charge >= 0.3 is 5.69 Å². The van der Waals surface area contributed by atoms with Gasteiger partial charge in [0, 0.05) is 13.1 Å². The summed E-state index contributed by atoms with van der Waals surface area (Å²) in [5, 5.41) is 14.2. The number of nitro groups is 1. The van der Waals surface area contributed by atoms with Gasteiger partial charge in [0.25, 0.3) is 0 Å². The Kier molecular flexibility index (Phi) is 2.41. The predicted octanol–water partition coefficient (Wildman–Crippen LogP) is 1.56. The van der Waals surface area contributed by atoms with E-state index in [1.165, 1.54) is 11.3 Å². The molecule has 1 aromatic carbocycles. The average molecular weight is 251 g/mol. The molecule has 1 aliphatic rings. The Hall–Kier alpha value is -1.73. The Balaban J connectivity index is 2.08. The lowest BCUT2D eigenvalue weighted by Gasteiger charge is -2.27. The van der Waals surface area contributed by atoms with Gasteiger partial charge in [-0.2, -0.15) is 0 Å². The van der Waals surface area contributed by atoms with Gasteiger partial charge in [0.1, 0.15) is 6.10 Å². The first-order valence-electron chi connectivity index (χ1n) is 5.13. The lowest BCUT2D eigenvalue weighted by Crippen LogP contribution is -2.50. The average Bonchev–Trinajstić information content (AvgIpc) is 2.69. The molecule has 0 spiro atoms. The SMILES string of the molecule is O=[N+]([O-])c1c(OC2CNC2)ccc2scnc12. The zero-order chi connectivity index (χ0) is 11.8. The highest BCUT2D eigenvalue weighted by atomic mass is 32.1. The van der Waals surface area contributed by atoms with Crippen molar-refractivity contribution in [2.75, 3.05) is 13.1 Å². The van der Waals surface area contributed by atoms with Gasteiger partial charge in [-0.25, -0.2) is 4.98 Å². The minimum atomic E-state index is -0.427. The van der Waals surface area contributed by atoms with Gasteiger partial charge in [0.15, 0.2) is 11.3 Å². The minimum absolute atomic E-state index is 0.0183. The maximum absolute atomic E-state index is 11.1. The summed E-state index contributed by atoms with van der Waals surface area (Å²) in [6.07, 6.45) is 0.0183. The van der Waals surface area contributed by atoms with Crippen molar-refractivity contribution >= 4 is 27.2 Å². The molecule has 2 heterocycles. The minimum Gasteiger partial charge on any atom is -0.481 e. The number of rotatable bonds is 3. The van der Waals surface area contributed by atoms with Gasteiger partial charge in [-0.05, 0) is 12.1 Å². The van der Waals surface area contributed by atoms with Crippen LogP contribution in [-0.2, 0) is 0 Å². The number of nitro benzene ring substituents is 1. The third-order valence-corrected chi connectivity index (χ3v) is 3.45. The van der Waals surface area contributed by atoms with Gasteiger partial charge < -0.3 is 10.1 Å². The summed E-state index contributed by atoms with van der Waals surface area (Å²) < 4.78 is 6.38. The summed E-state index contributed by atoms with van der Waals surface area (Å²) >= 11 is 1.38. The van der Waals surface area contributed by atoms with E-state index < -0.39 is 4.92 Å². The van der Waals surface area contributed by atoms with E-state index >= 15 is 0 Å². The zero-order valence-corrected chi connectivity index (χ0v) is 9.57. The van der Waals surface area contributed by atoms with Crippen molar-refractivity contribution in [2.45, 2.75) is 6.10 Å². The van der Waals surface area contributed by atoms with E-state index in [4.69, 9.17) is 4.74 Å². The number of nitrogens with one attached hydrogen (secondary N) is 1. The molecule has 6 nitrogen and oxygen atoms in total. The molecule has 0 atom stereocenters. The largest absolute Gasteiger partial charge is 0.481 e. The number of aromatic nitrogens is 1. The van der Waals surface area contributed by atoms with E-state index in [1.54, 1.807) is 17.6 Å². The first-order chi connectivity index (χ1) is 8.25. The molecular weight excluding hydrogens is 242 g/mol. The van der Waals surface area contributed by atoms with Crippen LogP contribution in [0.25, 0.3) is 10.2 Å². The van der Waals surface area contributed by atoms with Gasteiger partial charge in [-0.15, -0.1) is 11.3 Å². The zero-order valence-electron chi connectivity index (χ0n) is 8.75.